The fourth-order valence-corrected chi connectivity index (χ4v) is 4.59. The first-order valence-electron chi connectivity index (χ1n) is 12.3. The summed E-state index contributed by atoms with van der Waals surface area (Å²) in [6.45, 7) is 7.84. The predicted molar refractivity (Wildman–Crippen MR) is 147 cm³/mol. The van der Waals surface area contributed by atoms with Crippen LogP contribution in [-0.4, -0.2) is 35.9 Å². The molecule has 0 saturated heterocycles. The van der Waals surface area contributed by atoms with E-state index in [4.69, 9.17) is 15.2 Å². The molecule has 4 aromatic rings. The maximum absolute atomic E-state index is 14.5. The number of benzene rings is 1. The van der Waals surface area contributed by atoms with Crippen LogP contribution in [0.1, 0.15) is 35.5 Å². The van der Waals surface area contributed by atoms with Crippen LogP contribution in [0.15, 0.2) is 65.8 Å². The van der Waals surface area contributed by atoms with Crippen molar-refractivity contribution >= 4 is 21.7 Å². The number of nitrogens with two attached hydrogens (primary N) is 1. The molecular weight excluding hydrogens is 537 g/mol. The van der Waals surface area contributed by atoms with Crippen molar-refractivity contribution in [2.24, 2.45) is 5.92 Å². The number of hydrogen-bond donors (Lipinski definition) is 2. The van der Waals surface area contributed by atoms with Crippen LogP contribution >= 0.6 is 0 Å². The molecule has 0 bridgehead atoms. The van der Waals surface area contributed by atoms with Gasteiger partial charge in [-0.25, -0.2) is 19.1 Å². The van der Waals surface area contributed by atoms with Crippen LogP contribution < -0.4 is 19.9 Å². The Labute approximate surface area is 231 Å². The van der Waals surface area contributed by atoms with E-state index >= 15 is 0 Å². The highest BCUT2D eigenvalue weighted by atomic mass is 32.2. The van der Waals surface area contributed by atoms with Gasteiger partial charge in [0.1, 0.15) is 22.9 Å². The first-order valence-corrected chi connectivity index (χ1v) is 13.8. The number of aromatic nitrogens is 3. The Hall–Kier alpha value is -4.58. The molecule has 0 aliphatic heterocycles. The number of aryl methyl sites for hydroxylation is 2. The van der Waals surface area contributed by atoms with Gasteiger partial charge >= 0.3 is 0 Å². The third kappa shape index (κ3) is 6.70. The molecule has 4 rings (SSSR count). The zero-order valence-electron chi connectivity index (χ0n) is 22.3. The topological polar surface area (TPSA) is 146 Å². The van der Waals surface area contributed by atoms with Crippen molar-refractivity contribution in [3.63, 3.8) is 0 Å². The summed E-state index contributed by atoms with van der Waals surface area (Å²) in [6.07, 6.45) is 1.60. The number of sulfonamides is 1. The van der Waals surface area contributed by atoms with Gasteiger partial charge < -0.3 is 15.2 Å². The van der Waals surface area contributed by atoms with E-state index in [-0.39, 0.29) is 28.9 Å². The minimum atomic E-state index is -4.38. The van der Waals surface area contributed by atoms with Gasteiger partial charge in [0.15, 0.2) is 10.8 Å². The molecule has 3 aromatic heterocycles. The zero-order valence-corrected chi connectivity index (χ0v) is 23.1. The van der Waals surface area contributed by atoms with Gasteiger partial charge in [0.25, 0.3) is 15.9 Å². The number of carbonyl (C=O) groups is 1. The number of nitrogens with zero attached hydrogens (tertiary/aromatic N) is 3. The highest BCUT2D eigenvalue weighted by Gasteiger charge is 2.25. The number of halogens is 1. The van der Waals surface area contributed by atoms with E-state index in [0.29, 0.717) is 34.9 Å². The normalized spacial score (nSPS) is 11.3. The molecule has 40 heavy (non-hydrogen) atoms. The quantitative estimate of drug-likeness (QED) is 0.291. The van der Waals surface area contributed by atoms with E-state index < -0.39 is 26.8 Å². The number of anilines is 1. The van der Waals surface area contributed by atoms with E-state index in [0.717, 1.165) is 0 Å². The maximum Gasteiger partial charge on any atom is 0.281 e. The van der Waals surface area contributed by atoms with Crippen LogP contribution in [-0.2, 0) is 10.0 Å². The van der Waals surface area contributed by atoms with Gasteiger partial charge in [-0.2, -0.15) is 8.42 Å². The lowest BCUT2D eigenvalue weighted by Crippen LogP contribution is -2.31. The van der Waals surface area contributed by atoms with E-state index in [2.05, 4.69) is 15.0 Å². The highest BCUT2D eigenvalue weighted by molar-refractivity contribution is 7.90. The smallest absolute Gasteiger partial charge is 0.281 e. The van der Waals surface area contributed by atoms with Crippen LogP contribution in [0.2, 0.25) is 0 Å². The van der Waals surface area contributed by atoms with E-state index in [1.165, 1.54) is 42.5 Å². The molecule has 3 heterocycles. The molecule has 0 fully saturated rings. The van der Waals surface area contributed by atoms with E-state index in [1.807, 2.05) is 18.6 Å². The molecule has 1 amide bonds. The lowest BCUT2D eigenvalue weighted by molar-refractivity contribution is 0.0978. The van der Waals surface area contributed by atoms with Gasteiger partial charge in [-0.3, -0.25) is 9.78 Å². The molecule has 0 radical (unpaired) electrons. The lowest BCUT2D eigenvalue weighted by atomic mass is 10.1. The summed E-state index contributed by atoms with van der Waals surface area (Å²) >= 11 is 0. The second kappa shape index (κ2) is 11.7. The van der Waals surface area contributed by atoms with Crippen molar-refractivity contribution < 1.29 is 27.1 Å². The minimum absolute atomic E-state index is 0.0280. The van der Waals surface area contributed by atoms with Gasteiger partial charge in [-0.05, 0) is 67.8 Å². The summed E-state index contributed by atoms with van der Waals surface area (Å²) in [6, 6.07) is 12.7. The molecule has 0 saturated carbocycles. The monoisotopic (exact) mass is 565 g/mol. The standard InChI is InChI=1S/C28H28FN5O5S/c1-16(2)15-38-21-13-19(12-20(29)14-21)23-9-8-22(28(32-23)39-26-17(3)10-11-31-18(26)4)27(35)34-40(36,37)25-7-5-6-24(30)33-25/h5-14,16H,15H2,1-4H3,(H2,30,33)(H,34,35). The Kier molecular flexibility index (Phi) is 8.29. The Morgan fingerprint density at radius 2 is 1.85 bits per heavy atom. The Balaban J connectivity index is 1.77. The molecule has 1 aromatic carbocycles. The van der Waals surface area contributed by atoms with Crippen LogP contribution in [0.3, 0.4) is 0 Å². The van der Waals surface area contributed by atoms with Gasteiger partial charge in [0, 0.05) is 17.8 Å². The third-order valence-corrected chi connectivity index (χ3v) is 6.81. The first-order chi connectivity index (χ1) is 18.9. The number of nitrogens with one attached hydrogen (secondary N) is 1. The molecule has 0 atom stereocenters. The summed E-state index contributed by atoms with van der Waals surface area (Å²) in [7, 11) is -4.38. The molecular formula is C28H28FN5O5S. The average molecular weight is 566 g/mol. The van der Waals surface area contributed by atoms with Crippen LogP contribution in [0.4, 0.5) is 10.2 Å². The average Bonchev–Trinajstić information content (AvgIpc) is 2.89. The van der Waals surface area contributed by atoms with Crippen LogP contribution in [0.5, 0.6) is 17.4 Å². The molecule has 12 heteroatoms. The molecule has 0 aliphatic carbocycles. The van der Waals surface area contributed by atoms with Crippen molar-refractivity contribution in [1.82, 2.24) is 19.7 Å². The summed E-state index contributed by atoms with van der Waals surface area (Å²) in [5.41, 5.74) is 7.27. The van der Waals surface area contributed by atoms with Crippen LogP contribution in [0.25, 0.3) is 11.3 Å². The number of nitrogen functional groups attached to an aromatic ring is 1. The number of pyridine rings is 3. The van der Waals surface area contributed by atoms with E-state index in [9.17, 15) is 17.6 Å². The Bertz CT molecular complexity index is 1660. The lowest BCUT2D eigenvalue weighted by Gasteiger charge is -2.15. The molecule has 0 aliphatic rings. The van der Waals surface area contributed by atoms with Gasteiger partial charge in [-0.15, -0.1) is 0 Å². The fraction of sp³-hybridized carbons (Fsp3) is 0.214. The predicted octanol–water partition coefficient (Wildman–Crippen LogP) is 4.82. The largest absolute Gasteiger partial charge is 0.493 e. The van der Waals surface area contributed by atoms with Gasteiger partial charge in [0.2, 0.25) is 5.88 Å². The molecule has 0 spiro atoms. The van der Waals surface area contributed by atoms with E-state index in [1.54, 1.807) is 32.2 Å². The van der Waals surface area contributed by atoms with Crippen molar-refractivity contribution in [3.05, 3.63) is 83.4 Å². The summed E-state index contributed by atoms with van der Waals surface area (Å²) in [5, 5.41) is -0.430. The molecule has 208 valence electrons. The summed E-state index contributed by atoms with van der Waals surface area (Å²) in [4.78, 5) is 25.7. The molecule has 0 unspecified atom stereocenters. The number of amides is 1. The first kappa shape index (κ1) is 28.4. The van der Waals surface area contributed by atoms with Crippen molar-refractivity contribution in [3.8, 4) is 28.6 Å². The molecule has 10 nitrogen and oxygen atoms in total. The molecule has 3 N–H and O–H groups in total. The van der Waals surface area contributed by atoms with Crippen molar-refractivity contribution in [2.75, 3.05) is 12.3 Å². The van der Waals surface area contributed by atoms with Crippen LogP contribution in [0, 0.1) is 25.6 Å². The number of ether oxygens (including phenoxy) is 2. The number of rotatable bonds is 9. The number of carbonyl (C=O) groups excluding carboxylic acids is 1. The zero-order chi connectivity index (χ0) is 29.0. The fourth-order valence-electron chi connectivity index (χ4n) is 3.65. The number of hydrogen-bond acceptors (Lipinski definition) is 9. The van der Waals surface area contributed by atoms with Crippen molar-refractivity contribution in [1.29, 1.82) is 0 Å². The third-order valence-electron chi connectivity index (χ3n) is 5.58. The summed E-state index contributed by atoms with van der Waals surface area (Å²) in [5.74, 6) is -0.915. The Morgan fingerprint density at radius 1 is 1.07 bits per heavy atom. The highest BCUT2D eigenvalue weighted by Crippen LogP contribution is 2.32. The van der Waals surface area contributed by atoms with Crippen molar-refractivity contribution in [2.45, 2.75) is 32.7 Å². The maximum atomic E-state index is 14.5. The summed E-state index contributed by atoms with van der Waals surface area (Å²) < 4.78 is 53.9. The minimum Gasteiger partial charge on any atom is -0.493 e. The SMILES string of the molecule is Cc1ccnc(C)c1Oc1nc(-c2cc(F)cc(OCC(C)C)c2)ccc1C(=O)NS(=O)(=O)c1cccc(N)n1. The second-order valence-electron chi connectivity index (χ2n) is 9.41. The van der Waals surface area contributed by atoms with Gasteiger partial charge in [-0.1, -0.05) is 19.9 Å². The van der Waals surface area contributed by atoms with Gasteiger partial charge in [0.05, 0.1) is 18.0 Å². The second-order valence-corrected chi connectivity index (χ2v) is 11.0. The Morgan fingerprint density at radius 3 is 2.55 bits per heavy atom.